The van der Waals surface area contributed by atoms with Gasteiger partial charge in [-0.25, -0.2) is 4.79 Å². The van der Waals surface area contributed by atoms with Crippen molar-refractivity contribution in [2.75, 3.05) is 6.61 Å². The van der Waals surface area contributed by atoms with Crippen LogP contribution in [0.25, 0.3) is 0 Å². The van der Waals surface area contributed by atoms with Crippen LogP contribution in [0.1, 0.15) is 29.8 Å². The number of carbonyl (C=O) groups is 1. The number of aryl methyl sites for hydroxylation is 1. The van der Waals surface area contributed by atoms with Gasteiger partial charge < -0.3 is 9.47 Å². The van der Waals surface area contributed by atoms with Crippen molar-refractivity contribution < 1.29 is 14.3 Å². The van der Waals surface area contributed by atoms with Gasteiger partial charge in [0.25, 0.3) is 0 Å². The Hall–Kier alpha value is -2.29. The van der Waals surface area contributed by atoms with Crippen LogP contribution < -0.4 is 9.47 Å². The molecule has 2 aromatic rings. The van der Waals surface area contributed by atoms with Gasteiger partial charge in [-0.05, 0) is 55.3 Å². The molecule has 0 fully saturated rings. The lowest BCUT2D eigenvalue weighted by molar-refractivity contribution is 0.0734. The average Bonchev–Trinajstić information content (AvgIpc) is 2.49. The summed E-state index contributed by atoms with van der Waals surface area (Å²) in [6.45, 7) is 4.62. The standard InChI is InChI=1S/C17H18O3/c1-3-13-5-7-14(8-6-13)17(18)20-16-11-9-15(10-12-16)19-4-2/h5-12H,3-4H2,1-2H3. The topological polar surface area (TPSA) is 35.5 Å². The molecular weight excluding hydrogens is 252 g/mol. The molecule has 0 atom stereocenters. The largest absolute Gasteiger partial charge is 0.494 e. The fourth-order valence-corrected chi connectivity index (χ4v) is 1.81. The van der Waals surface area contributed by atoms with Crippen LogP contribution >= 0.6 is 0 Å². The lowest BCUT2D eigenvalue weighted by atomic mass is 10.1. The minimum Gasteiger partial charge on any atom is -0.494 e. The highest BCUT2D eigenvalue weighted by Crippen LogP contribution is 2.18. The van der Waals surface area contributed by atoms with E-state index in [1.807, 2.05) is 19.1 Å². The molecule has 0 bridgehead atoms. The third kappa shape index (κ3) is 3.60. The van der Waals surface area contributed by atoms with E-state index in [0.29, 0.717) is 17.9 Å². The van der Waals surface area contributed by atoms with Crippen molar-refractivity contribution >= 4 is 5.97 Å². The molecule has 3 heteroatoms. The Labute approximate surface area is 119 Å². The summed E-state index contributed by atoms with van der Waals surface area (Å²) in [6.07, 6.45) is 0.953. The number of esters is 1. The van der Waals surface area contributed by atoms with E-state index < -0.39 is 0 Å². The average molecular weight is 270 g/mol. The maximum absolute atomic E-state index is 12.0. The van der Waals surface area contributed by atoms with Crippen LogP contribution in [0.15, 0.2) is 48.5 Å². The van der Waals surface area contributed by atoms with E-state index in [4.69, 9.17) is 9.47 Å². The monoisotopic (exact) mass is 270 g/mol. The molecule has 0 N–H and O–H groups in total. The minimum atomic E-state index is -0.350. The Morgan fingerprint density at radius 3 is 2.05 bits per heavy atom. The highest BCUT2D eigenvalue weighted by Gasteiger charge is 2.08. The molecule has 2 rings (SSSR count). The molecule has 0 radical (unpaired) electrons. The fourth-order valence-electron chi connectivity index (χ4n) is 1.81. The van der Waals surface area contributed by atoms with Crippen molar-refractivity contribution in [1.82, 2.24) is 0 Å². The number of rotatable bonds is 5. The molecular formula is C17H18O3. The van der Waals surface area contributed by atoms with Gasteiger partial charge >= 0.3 is 5.97 Å². The van der Waals surface area contributed by atoms with Crippen LogP contribution in [0.2, 0.25) is 0 Å². The summed E-state index contributed by atoms with van der Waals surface area (Å²) in [5.41, 5.74) is 1.75. The predicted octanol–water partition coefficient (Wildman–Crippen LogP) is 3.87. The normalized spacial score (nSPS) is 10.1. The highest BCUT2D eigenvalue weighted by molar-refractivity contribution is 5.91. The zero-order valence-electron chi connectivity index (χ0n) is 11.8. The Morgan fingerprint density at radius 2 is 1.50 bits per heavy atom. The Morgan fingerprint density at radius 1 is 0.900 bits per heavy atom. The predicted molar refractivity (Wildman–Crippen MR) is 78.4 cm³/mol. The Kier molecular flexibility index (Phi) is 4.77. The molecule has 0 aromatic heterocycles. The van der Waals surface area contributed by atoms with Crippen molar-refractivity contribution in [3.63, 3.8) is 0 Å². The molecule has 104 valence electrons. The fraction of sp³-hybridized carbons (Fsp3) is 0.235. The Balaban J connectivity index is 2.02. The van der Waals surface area contributed by atoms with Gasteiger partial charge in [-0.1, -0.05) is 19.1 Å². The molecule has 0 saturated carbocycles. The molecule has 3 nitrogen and oxygen atoms in total. The molecule has 0 spiro atoms. The van der Waals surface area contributed by atoms with Crippen molar-refractivity contribution in [3.05, 3.63) is 59.7 Å². The molecule has 0 amide bonds. The number of ether oxygens (including phenoxy) is 2. The van der Waals surface area contributed by atoms with Gasteiger partial charge in [0.05, 0.1) is 12.2 Å². The number of carbonyl (C=O) groups excluding carboxylic acids is 1. The molecule has 0 saturated heterocycles. The summed E-state index contributed by atoms with van der Waals surface area (Å²) < 4.78 is 10.6. The summed E-state index contributed by atoms with van der Waals surface area (Å²) in [6, 6.07) is 14.5. The molecule has 0 heterocycles. The quantitative estimate of drug-likeness (QED) is 0.611. The Bertz CT molecular complexity index is 556. The maximum Gasteiger partial charge on any atom is 0.343 e. The van der Waals surface area contributed by atoms with Gasteiger partial charge in [-0.15, -0.1) is 0 Å². The smallest absolute Gasteiger partial charge is 0.343 e. The second kappa shape index (κ2) is 6.75. The lowest BCUT2D eigenvalue weighted by Crippen LogP contribution is -2.08. The molecule has 0 aliphatic rings. The SMILES string of the molecule is CCOc1ccc(OC(=O)c2ccc(CC)cc2)cc1. The van der Waals surface area contributed by atoms with Gasteiger partial charge in [-0.3, -0.25) is 0 Å². The zero-order chi connectivity index (χ0) is 14.4. The van der Waals surface area contributed by atoms with E-state index >= 15 is 0 Å². The summed E-state index contributed by atoms with van der Waals surface area (Å²) in [5.74, 6) is 0.925. The third-order valence-electron chi connectivity index (χ3n) is 2.94. The van der Waals surface area contributed by atoms with Crippen LogP contribution in [-0.2, 0) is 6.42 Å². The second-order valence-electron chi connectivity index (χ2n) is 4.34. The van der Waals surface area contributed by atoms with Crippen LogP contribution in [0, 0.1) is 0 Å². The summed E-state index contributed by atoms with van der Waals surface area (Å²) >= 11 is 0. The molecule has 0 aliphatic carbocycles. The van der Waals surface area contributed by atoms with Gasteiger partial charge in [0.2, 0.25) is 0 Å². The summed E-state index contributed by atoms with van der Waals surface area (Å²) in [5, 5.41) is 0. The first-order valence-corrected chi connectivity index (χ1v) is 6.77. The van der Waals surface area contributed by atoms with E-state index in [2.05, 4.69) is 6.92 Å². The van der Waals surface area contributed by atoms with Crippen molar-refractivity contribution in [1.29, 1.82) is 0 Å². The van der Waals surface area contributed by atoms with E-state index in [1.165, 1.54) is 5.56 Å². The van der Waals surface area contributed by atoms with Crippen molar-refractivity contribution in [2.45, 2.75) is 20.3 Å². The molecule has 2 aromatic carbocycles. The lowest BCUT2D eigenvalue weighted by Gasteiger charge is -2.06. The first-order chi connectivity index (χ1) is 9.72. The van der Waals surface area contributed by atoms with Crippen LogP contribution in [-0.4, -0.2) is 12.6 Å². The first-order valence-electron chi connectivity index (χ1n) is 6.77. The van der Waals surface area contributed by atoms with Gasteiger partial charge in [-0.2, -0.15) is 0 Å². The minimum absolute atomic E-state index is 0.350. The second-order valence-corrected chi connectivity index (χ2v) is 4.34. The zero-order valence-corrected chi connectivity index (χ0v) is 11.8. The van der Waals surface area contributed by atoms with Crippen LogP contribution in [0.5, 0.6) is 11.5 Å². The van der Waals surface area contributed by atoms with Gasteiger partial charge in [0.1, 0.15) is 11.5 Å². The summed E-state index contributed by atoms with van der Waals surface area (Å²) in [7, 11) is 0. The maximum atomic E-state index is 12.0. The van der Waals surface area contributed by atoms with Crippen molar-refractivity contribution in [3.8, 4) is 11.5 Å². The van der Waals surface area contributed by atoms with Crippen molar-refractivity contribution in [2.24, 2.45) is 0 Å². The number of hydrogen-bond donors (Lipinski definition) is 0. The van der Waals surface area contributed by atoms with E-state index in [1.54, 1.807) is 36.4 Å². The van der Waals surface area contributed by atoms with Gasteiger partial charge in [0, 0.05) is 0 Å². The van der Waals surface area contributed by atoms with Gasteiger partial charge in [0.15, 0.2) is 0 Å². The molecule has 0 aliphatic heterocycles. The van der Waals surface area contributed by atoms with E-state index in [9.17, 15) is 4.79 Å². The van der Waals surface area contributed by atoms with Crippen LogP contribution in [0.4, 0.5) is 0 Å². The highest BCUT2D eigenvalue weighted by atomic mass is 16.5. The van der Waals surface area contributed by atoms with E-state index in [0.717, 1.165) is 12.2 Å². The summed E-state index contributed by atoms with van der Waals surface area (Å²) in [4.78, 5) is 12.0. The third-order valence-corrected chi connectivity index (χ3v) is 2.94. The van der Waals surface area contributed by atoms with E-state index in [-0.39, 0.29) is 5.97 Å². The first kappa shape index (κ1) is 14.1. The number of hydrogen-bond acceptors (Lipinski definition) is 3. The number of benzene rings is 2. The molecule has 20 heavy (non-hydrogen) atoms. The molecule has 0 unspecified atom stereocenters. The van der Waals surface area contributed by atoms with Crippen LogP contribution in [0.3, 0.4) is 0 Å².